The molecule has 2 heterocycles. The van der Waals surface area contributed by atoms with E-state index in [1.807, 2.05) is 45.2 Å². The normalized spacial score (nSPS) is 27.1. The van der Waals surface area contributed by atoms with Gasteiger partial charge in [0.25, 0.3) is 5.91 Å². The number of hydrogen-bond donors (Lipinski definition) is 9. The Morgan fingerprint density at radius 3 is 1.32 bits per heavy atom. The fraction of sp³-hybridized carbons (Fsp3) is 0.667. The second-order valence-electron chi connectivity index (χ2n) is 35.0. The average molecular weight is 1530 g/mol. The standard InChI is InChI=1S/C42H64FN5O6.C34H46FN3O7.C8H20N2/c1-23(2)14-29(20-46(7)8)44-40(51)27-15-26(16-30(17-27)47(9)10)31-12-13-34(43)32(39(31)53-11)21-48-38(37(25(4)50)36(22-49)54-48)41(52)45-35-19-28-18-33(24(35)3)42(28,5)6;1-17-25-13-21(34(25,3)4)14-27(17)36-32(41)30-29(18(2)40)28(16-39)45-38(30)15-24-26(35)9-8-23(31(24)44-7)19-10-20(33(42)43)12-22(11-19)37(5)6;1-7(2)5-8(9)6-10(3)4/h12-13,15-17,23-25,28-29,33,35-38,49-50H,14,18-22H2,1-11H3,(H,44,51)(H,45,52);8-12,17-18,21,25,27-30,39-40H,13-16H2,1-7H3,(H,36,41)(H,42,43);7-8H,5-6,9H2,1-4H3/t24-,25-,28+,29-,33-,35-,36-,37+,38-;17-,18-,21+,25-,27-,28-,29+,30-;8-/m000/s1. The molecule has 23 nitrogen and oxygen atoms in total. The van der Waals surface area contributed by atoms with Crippen molar-refractivity contribution in [3.05, 3.63) is 94.6 Å². The van der Waals surface area contributed by atoms with E-state index < -0.39 is 79.2 Å². The monoisotopic (exact) mass is 1520 g/mol. The molecule has 0 radical (unpaired) electrons. The van der Waals surface area contributed by atoms with E-state index in [9.17, 15) is 44.7 Å². The number of methoxy groups -OCH3 is 2. The van der Waals surface area contributed by atoms with Crippen LogP contribution < -0.4 is 41.0 Å². The van der Waals surface area contributed by atoms with E-state index in [1.165, 1.54) is 48.6 Å². The number of aliphatic hydroxyl groups is 4. The highest BCUT2D eigenvalue weighted by atomic mass is 19.1. The number of carboxylic acid groups (broad SMARTS) is 1. The number of aliphatic hydroxyl groups excluding tert-OH is 4. The highest BCUT2D eigenvalue weighted by Crippen LogP contribution is 2.62. The first kappa shape index (κ1) is 88.0. The first-order chi connectivity index (χ1) is 51.1. The van der Waals surface area contributed by atoms with E-state index in [1.54, 1.807) is 57.1 Å². The lowest BCUT2D eigenvalue weighted by Crippen LogP contribution is -2.62. The van der Waals surface area contributed by atoms with Gasteiger partial charge in [0.15, 0.2) is 0 Å². The van der Waals surface area contributed by atoms with Crippen molar-refractivity contribution in [3.8, 4) is 33.8 Å². The lowest BCUT2D eigenvalue weighted by atomic mass is 9.45. The molecule has 4 aromatic carbocycles. The molecule has 3 amide bonds. The van der Waals surface area contributed by atoms with E-state index in [4.69, 9.17) is 24.9 Å². The number of carbonyl (C=O) groups is 4. The largest absolute Gasteiger partial charge is 0.496 e. The van der Waals surface area contributed by atoms with Crippen molar-refractivity contribution in [3.63, 3.8) is 0 Å². The summed E-state index contributed by atoms with van der Waals surface area (Å²) in [6, 6.07) is 14.4. The zero-order valence-corrected chi connectivity index (χ0v) is 68.8. The molecule has 10 N–H and O–H groups in total. The molecule has 4 aromatic rings. The van der Waals surface area contributed by atoms with Gasteiger partial charge >= 0.3 is 5.97 Å². The Kier molecular flexibility index (Phi) is 29.8. The van der Waals surface area contributed by atoms with Gasteiger partial charge in [0, 0.05) is 116 Å². The van der Waals surface area contributed by atoms with Crippen molar-refractivity contribution in [2.24, 2.45) is 75.7 Å². The summed E-state index contributed by atoms with van der Waals surface area (Å²) in [4.78, 5) is 74.1. The van der Waals surface area contributed by atoms with Crippen molar-refractivity contribution < 1.29 is 72.6 Å². The molecule has 8 aliphatic rings. The Morgan fingerprint density at radius 2 is 0.991 bits per heavy atom. The predicted octanol–water partition coefficient (Wildman–Crippen LogP) is 9.78. The number of hydroxylamine groups is 4. The summed E-state index contributed by atoms with van der Waals surface area (Å²) in [7, 11) is 18.3. The van der Waals surface area contributed by atoms with Crippen LogP contribution in [0.15, 0.2) is 60.7 Å². The van der Waals surface area contributed by atoms with Crippen molar-refractivity contribution in [1.82, 2.24) is 35.9 Å². The highest BCUT2D eigenvalue weighted by molar-refractivity contribution is 5.97. The number of carboxylic acids is 1. The Morgan fingerprint density at radius 1 is 0.596 bits per heavy atom. The number of aromatic carboxylic acids is 1. The summed E-state index contributed by atoms with van der Waals surface area (Å²) in [5.74, 6) is -0.572. The molecule has 109 heavy (non-hydrogen) atoms. The van der Waals surface area contributed by atoms with Gasteiger partial charge in [-0.05, 0) is 211 Å². The topological polar surface area (TPSA) is 288 Å². The Labute approximate surface area is 646 Å². The van der Waals surface area contributed by atoms with E-state index >= 15 is 8.78 Å². The second-order valence-corrected chi connectivity index (χ2v) is 35.0. The number of amides is 3. The van der Waals surface area contributed by atoms with Crippen LogP contribution in [0.1, 0.15) is 153 Å². The summed E-state index contributed by atoms with van der Waals surface area (Å²) in [5.41, 5.74) is 10.7. The molecule has 18 atom stereocenters. The van der Waals surface area contributed by atoms with E-state index in [-0.39, 0.29) is 99.8 Å². The SMILES string of the molecule is CC(C)C[C@H](N)CN(C)C.COc1c(-c2cc(C(=O)N[C@@H](CC(C)C)CN(C)C)cc(N(C)C)c2)ccc(F)c1CN1O[C@@H](CO)[C@@H]([C@H](C)O)[C@H]1C(=O)N[C@H]1C[C@H]2C[C@@H]([C@@H]1C)C2(C)C.COc1c(-c2cc(C(=O)O)cc(N(C)C)c2)ccc(F)c1CN1O[C@@H](CO)[C@@H]([C@H](C)O)[C@H]1C(=O)N[C@H]1C[C@H]2C[C@@H]([C@@H]1C)C2(C)C. The third-order valence-electron chi connectivity index (χ3n) is 24.6. The molecule has 0 spiro atoms. The van der Waals surface area contributed by atoms with Gasteiger partial charge in [-0.15, -0.1) is 0 Å². The summed E-state index contributed by atoms with van der Waals surface area (Å²) in [6.45, 7) is 25.8. The molecule has 6 saturated carbocycles. The van der Waals surface area contributed by atoms with Crippen LogP contribution in [0, 0.1) is 81.6 Å². The van der Waals surface area contributed by atoms with Crippen LogP contribution in [0.2, 0.25) is 0 Å². The Bertz CT molecular complexity index is 3740. The minimum absolute atomic E-state index is 0.0348. The first-order valence-corrected chi connectivity index (χ1v) is 39.1. The van der Waals surface area contributed by atoms with Crippen molar-refractivity contribution in [2.75, 3.05) is 107 Å². The maximum Gasteiger partial charge on any atom is 0.335 e. The van der Waals surface area contributed by atoms with Crippen molar-refractivity contribution in [1.29, 1.82) is 0 Å². The number of rotatable bonds is 29. The molecule has 8 fully saturated rings. The predicted molar refractivity (Wildman–Crippen MR) is 423 cm³/mol. The molecule has 2 saturated heterocycles. The molecular formula is C84H130F2N10O13. The summed E-state index contributed by atoms with van der Waals surface area (Å²) in [6.07, 6.45) is 2.25. The van der Waals surface area contributed by atoms with Crippen LogP contribution in [0.3, 0.4) is 0 Å². The first-order valence-electron chi connectivity index (χ1n) is 39.1. The molecule has 2 aliphatic heterocycles. The number of ether oxygens (including phenoxy) is 2. The lowest BCUT2D eigenvalue weighted by molar-refractivity contribution is -0.184. The molecule has 6 aliphatic carbocycles. The number of anilines is 2. The van der Waals surface area contributed by atoms with Gasteiger partial charge in [0.2, 0.25) is 11.8 Å². The fourth-order valence-corrected chi connectivity index (χ4v) is 18.6. The minimum Gasteiger partial charge on any atom is -0.496 e. The molecule has 608 valence electrons. The molecule has 25 heteroatoms. The molecular weight excluding hydrogens is 1390 g/mol. The molecule has 12 rings (SSSR count). The number of nitrogens with zero attached hydrogens (tertiary/aromatic N) is 6. The smallest absolute Gasteiger partial charge is 0.335 e. The summed E-state index contributed by atoms with van der Waals surface area (Å²) >= 11 is 0. The van der Waals surface area contributed by atoms with Crippen LogP contribution in [0.25, 0.3) is 22.3 Å². The van der Waals surface area contributed by atoms with Gasteiger partial charge in [0.05, 0.1) is 58.3 Å². The molecule has 4 bridgehead atoms. The van der Waals surface area contributed by atoms with Gasteiger partial charge < -0.3 is 76.3 Å². The number of carbonyl (C=O) groups excluding carboxylic acids is 3. The van der Waals surface area contributed by atoms with Gasteiger partial charge in [-0.25, -0.2) is 13.6 Å². The lowest BCUT2D eigenvalue weighted by Gasteiger charge is -2.62. The number of fused-ring (bicyclic) bond motifs is 4. The van der Waals surface area contributed by atoms with Crippen LogP contribution in [-0.2, 0) is 32.4 Å². The average Bonchev–Trinajstić information content (AvgIpc) is 1.33. The number of likely N-dealkylation sites (N-methyl/N-ethyl adjacent to an activating group) is 2. The summed E-state index contributed by atoms with van der Waals surface area (Å²) < 4.78 is 43.3. The third-order valence-corrected chi connectivity index (χ3v) is 24.6. The van der Waals surface area contributed by atoms with Crippen LogP contribution in [0.4, 0.5) is 20.2 Å². The molecule has 0 unspecified atom stereocenters. The van der Waals surface area contributed by atoms with Gasteiger partial charge in [0.1, 0.15) is 47.4 Å². The quantitative estimate of drug-likeness (QED) is 0.0244. The molecule has 0 aromatic heterocycles. The minimum atomic E-state index is -1.10. The van der Waals surface area contributed by atoms with Crippen LogP contribution >= 0.6 is 0 Å². The number of nitrogens with one attached hydrogen (secondary N) is 3. The highest BCUT2D eigenvalue weighted by Gasteiger charge is 2.59. The zero-order chi connectivity index (χ0) is 80.9. The second kappa shape index (κ2) is 36.9. The van der Waals surface area contributed by atoms with Crippen molar-refractivity contribution in [2.45, 2.75) is 195 Å². The van der Waals surface area contributed by atoms with Crippen LogP contribution in [0.5, 0.6) is 11.5 Å². The van der Waals surface area contributed by atoms with E-state index in [0.29, 0.717) is 75.7 Å². The van der Waals surface area contributed by atoms with Gasteiger partial charge in [-0.3, -0.25) is 24.1 Å². The Hall–Kier alpha value is -6.62. The number of nitrogens with two attached hydrogens (primary N) is 1. The van der Waals surface area contributed by atoms with Crippen LogP contribution in [-0.4, -0.2) is 227 Å². The maximum absolute atomic E-state index is 16.0. The summed E-state index contributed by atoms with van der Waals surface area (Å²) in [5, 5.41) is 64.4. The van der Waals surface area contributed by atoms with Crippen molar-refractivity contribution >= 4 is 35.1 Å². The zero-order valence-electron chi connectivity index (χ0n) is 68.8. The number of benzene rings is 4. The number of hydrogen-bond acceptors (Lipinski definition) is 19. The van der Waals surface area contributed by atoms with Gasteiger partial charge in [-0.2, -0.15) is 10.1 Å². The fourth-order valence-electron chi connectivity index (χ4n) is 18.6. The Balaban J connectivity index is 0.000000246. The maximum atomic E-state index is 16.0. The number of halogens is 2. The van der Waals surface area contributed by atoms with E-state index in [0.717, 1.165) is 56.7 Å². The van der Waals surface area contributed by atoms with Gasteiger partial charge in [-0.1, -0.05) is 69.2 Å². The van der Waals surface area contributed by atoms with E-state index in [2.05, 4.69) is 109 Å². The third kappa shape index (κ3) is 20.1.